The zero-order valence-corrected chi connectivity index (χ0v) is 19.8. The van der Waals surface area contributed by atoms with Crippen LogP contribution in [0, 0.1) is 11.6 Å². The summed E-state index contributed by atoms with van der Waals surface area (Å²) in [6, 6.07) is 6.92. The van der Waals surface area contributed by atoms with Crippen molar-refractivity contribution in [2.24, 2.45) is 0 Å². The van der Waals surface area contributed by atoms with Gasteiger partial charge in [0, 0.05) is 55.4 Å². The molecule has 1 unspecified atom stereocenters. The molecule has 0 saturated carbocycles. The van der Waals surface area contributed by atoms with E-state index in [0.29, 0.717) is 16.9 Å². The number of hydrogen-bond acceptors (Lipinski definition) is 5. The number of carbonyl (C=O) groups excluding carboxylic acids is 1. The van der Waals surface area contributed by atoms with Gasteiger partial charge in [-0.2, -0.15) is 0 Å². The quantitative estimate of drug-likeness (QED) is 0.550. The maximum atomic E-state index is 13.8. The molecule has 0 bridgehead atoms. The molecule has 0 saturated heterocycles. The lowest BCUT2D eigenvalue weighted by Gasteiger charge is -2.29. The normalized spacial score (nSPS) is 16.1. The lowest BCUT2D eigenvalue weighted by atomic mass is 9.82. The van der Waals surface area contributed by atoms with Crippen LogP contribution in [-0.4, -0.2) is 59.4 Å². The van der Waals surface area contributed by atoms with Gasteiger partial charge < -0.3 is 24.6 Å². The zero-order valence-electron chi connectivity index (χ0n) is 19.8. The van der Waals surface area contributed by atoms with Crippen LogP contribution in [0.25, 0.3) is 16.6 Å². The monoisotopic (exact) mass is 470 g/mol. The highest BCUT2D eigenvalue weighted by molar-refractivity contribution is 5.97. The third-order valence-electron chi connectivity index (χ3n) is 5.95. The number of fused-ring (bicyclic) bond motifs is 3. The number of aliphatic hydroxyl groups excluding tert-OH is 1. The van der Waals surface area contributed by atoms with Crippen LogP contribution in [0.1, 0.15) is 42.4 Å². The SMILES string of the molecule is CCOC(O)C1=CN(C(=O)c2ccc(F)c(F)c2)CC(C)(C)c2c1[nH]c1nc(N(C)C)ccc21. The summed E-state index contributed by atoms with van der Waals surface area (Å²) in [7, 11) is 3.80. The lowest BCUT2D eigenvalue weighted by molar-refractivity contribution is -0.0515. The largest absolute Gasteiger partial charge is 0.364 e. The highest BCUT2D eigenvalue weighted by Gasteiger charge is 2.37. The third-order valence-corrected chi connectivity index (χ3v) is 5.95. The Bertz CT molecular complexity index is 1280. The van der Waals surface area contributed by atoms with Gasteiger partial charge >= 0.3 is 0 Å². The minimum atomic E-state index is -1.32. The smallest absolute Gasteiger partial charge is 0.257 e. The van der Waals surface area contributed by atoms with Crippen molar-refractivity contribution in [2.75, 3.05) is 32.1 Å². The number of hydrogen-bond donors (Lipinski definition) is 2. The van der Waals surface area contributed by atoms with Gasteiger partial charge in [0.2, 0.25) is 0 Å². The van der Waals surface area contributed by atoms with E-state index in [1.165, 1.54) is 17.2 Å². The van der Waals surface area contributed by atoms with E-state index in [1.54, 1.807) is 6.92 Å². The van der Waals surface area contributed by atoms with Gasteiger partial charge in [-0.1, -0.05) is 13.8 Å². The van der Waals surface area contributed by atoms with Crippen LogP contribution in [0.2, 0.25) is 0 Å². The lowest BCUT2D eigenvalue weighted by Crippen LogP contribution is -2.37. The number of aliphatic hydroxyl groups is 1. The molecule has 9 heteroatoms. The fraction of sp³-hybridized carbons (Fsp3) is 0.360. The first-order valence-corrected chi connectivity index (χ1v) is 11.0. The predicted molar refractivity (Wildman–Crippen MR) is 126 cm³/mol. The van der Waals surface area contributed by atoms with Crippen LogP contribution in [0.4, 0.5) is 14.6 Å². The molecule has 0 aliphatic carbocycles. The predicted octanol–water partition coefficient (Wildman–Crippen LogP) is 4.04. The summed E-state index contributed by atoms with van der Waals surface area (Å²) >= 11 is 0. The Morgan fingerprint density at radius 1 is 1.26 bits per heavy atom. The van der Waals surface area contributed by atoms with Gasteiger partial charge in [-0.25, -0.2) is 13.8 Å². The second-order valence-electron chi connectivity index (χ2n) is 9.17. The molecule has 2 N–H and O–H groups in total. The summed E-state index contributed by atoms with van der Waals surface area (Å²) in [6.07, 6.45) is 0.194. The van der Waals surface area contributed by atoms with Crippen molar-refractivity contribution in [3.8, 4) is 0 Å². The number of H-pyrrole nitrogens is 1. The summed E-state index contributed by atoms with van der Waals surface area (Å²) in [5.74, 6) is -1.87. The highest BCUT2D eigenvalue weighted by Crippen LogP contribution is 2.41. The molecule has 1 amide bonds. The van der Waals surface area contributed by atoms with Crippen molar-refractivity contribution >= 4 is 28.3 Å². The maximum absolute atomic E-state index is 13.8. The van der Waals surface area contributed by atoms with Crippen LogP contribution in [0.3, 0.4) is 0 Å². The molecule has 1 aliphatic rings. The number of aromatic nitrogens is 2. The maximum Gasteiger partial charge on any atom is 0.257 e. The molecule has 180 valence electrons. The van der Waals surface area contributed by atoms with E-state index in [1.807, 2.05) is 45.0 Å². The molecule has 1 aromatic carbocycles. The van der Waals surface area contributed by atoms with E-state index >= 15 is 0 Å². The number of benzene rings is 1. The first-order valence-electron chi connectivity index (χ1n) is 11.0. The summed E-state index contributed by atoms with van der Waals surface area (Å²) in [4.78, 5) is 24.6. The molecule has 0 fully saturated rings. The van der Waals surface area contributed by atoms with E-state index in [-0.39, 0.29) is 18.7 Å². The summed E-state index contributed by atoms with van der Waals surface area (Å²) < 4.78 is 32.8. The summed E-state index contributed by atoms with van der Waals surface area (Å²) in [5.41, 5.74) is 1.91. The molecule has 1 aliphatic heterocycles. The molecule has 4 rings (SSSR count). The average Bonchev–Trinajstić information content (AvgIpc) is 3.12. The fourth-order valence-electron chi connectivity index (χ4n) is 4.37. The number of nitrogens with one attached hydrogen (secondary N) is 1. The molecule has 7 nitrogen and oxygen atoms in total. The van der Waals surface area contributed by atoms with E-state index in [4.69, 9.17) is 9.72 Å². The van der Waals surface area contributed by atoms with Gasteiger partial charge in [-0.3, -0.25) is 4.79 Å². The summed E-state index contributed by atoms with van der Waals surface area (Å²) in [6.45, 7) is 6.19. The third kappa shape index (κ3) is 4.17. The number of anilines is 1. The molecule has 3 heterocycles. The van der Waals surface area contributed by atoms with E-state index < -0.39 is 29.2 Å². The Labute approximate surface area is 196 Å². The number of carbonyl (C=O) groups is 1. The number of rotatable bonds is 5. The number of aromatic amines is 1. The van der Waals surface area contributed by atoms with Gasteiger partial charge in [0.05, 0.1) is 5.69 Å². The Balaban J connectivity index is 1.89. The summed E-state index contributed by atoms with van der Waals surface area (Å²) in [5, 5.41) is 11.7. The molecule has 1 atom stereocenters. The van der Waals surface area contributed by atoms with Gasteiger partial charge in [0.1, 0.15) is 11.5 Å². The second-order valence-corrected chi connectivity index (χ2v) is 9.17. The number of nitrogens with zero attached hydrogens (tertiary/aromatic N) is 3. The second kappa shape index (κ2) is 8.81. The van der Waals surface area contributed by atoms with Crippen LogP contribution in [0.5, 0.6) is 0 Å². The number of halogens is 2. The Morgan fingerprint density at radius 2 is 2.00 bits per heavy atom. The minimum Gasteiger partial charge on any atom is -0.364 e. The first-order chi connectivity index (χ1) is 16.0. The molecule has 0 spiro atoms. The Hall–Kier alpha value is -3.30. The number of amides is 1. The van der Waals surface area contributed by atoms with Gasteiger partial charge in [0.25, 0.3) is 5.91 Å². The van der Waals surface area contributed by atoms with Gasteiger partial charge in [-0.15, -0.1) is 0 Å². The molecule has 3 aromatic rings. The number of ether oxygens (including phenoxy) is 1. The fourth-order valence-corrected chi connectivity index (χ4v) is 4.37. The van der Waals surface area contributed by atoms with Crippen LogP contribution in [0.15, 0.2) is 36.5 Å². The minimum absolute atomic E-state index is 0.00362. The Kier molecular flexibility index (Phi) is 6.18. The molecule has 34 heavy (non-hydrogen) atoms. The van der Waals surface area contributed by atoms with Crippen molar-refractivity contribution in [1.82, 2.24) is 14.9 Å². The Morgan fingerprint density at radius 3 is 2.65 bits per heavy atom. The van der Waals surface area contributed by atoms with Gasteiger partial charge in [0.15, 0.2) is 17.9 Å². The molecular formula is C25H28F2N4O3. The topological polar surface area (TPSA) is 81.7 Å². The van der Waals surface area contributed by atoms with Gasteiger partial charge in [-0.05, 0) is 42.8 Å². The van der Waals surface area contributed by atoms with Crippen LogP contribution < -0.4 is 4.90 Å². The van der Waals surface area contributed by atoms with E-state index in [2.05, 4.69) is 4.98 Å². The zero-order chi connectivity index (χ0) is 24.8. The molecular weight excluding hydrogens is 442 g/mol. The van der Waals surface area contributed by atoms with Crippen molar-refractivity contribution < 1.29 is 23.4 Å². The first kappa shape index (κ1) is 23.8. The van der Waals surface area contributed by atoms with Crippen molar-refractivity contribution in [1.29, 1.82) is 0 Å². The highest BCUT2D eigenvalue weighted by atomic mass is 19.2. The standard InChI is InChI=1S/C25H28F2N4O3/c1-6-34-24(33)16-12-31(23(32)14-7-9-17(26)18(27)11-14)13-25(2,3)20-15-8-10-19(30(4)5)28-22(15)29-21(16)20/h7-12,24,33H,6,13H2,1-5H3,(H,28,29). The van der Waals surface area contributed by atoms with Crippen LogP contribution in [-0.2, 0) is 10.2 Å². The van der Waals surface area contributed by atoms with Crippen LogP contribution >= 0.6 is 0 Å². The number of pyridine rings is 1. The average molecular weight is 471 g/mol. The van der Waals surface area contributed by atoms with Crippen molar-refractivity contribution in [3.63, 3.8) is 0 Å². The molecule has 2 aromatic heterocycles. The molecule has 0 radical (unpaired) electrons. The van der Waals surface area contributed by atoms with E-state index in [0.717, 1.165) is 28.9 Å². The van der Waals surface area contributed by atoms with E-state index in [9.17, 15) is 18.7 Å². The van der Waals surface area contributed by atoms with Crippen molar-refractivity contribution in [2.45, 2.75) is 32.5 Å². The van der Waals surface area contributed by atoms with Crippen molar-refractivity contribution in [3.05, 3.63) is 65.0 Å².